The molecule has 1 aromatic carbocycles. The topological polar surface area (TPSA) is 59.4 Å². The van der Waals surface area contributed by atoms with Crippen LogP contribution in [0.3, 0.4) is 0 Å². The molecule has 0 unspecified atom stereocenters. The van der Waals surface area contributed by atoms with Crippen molar-refractivity contribution in [3.8, 4) is 10.6 Å². The smallest absolute Gasteiger partial charge is 0.347 e. The van der Waals surface area contributed by atoms with Crippen LogP contribution in [0, 0.1) is 5.82 Å². The van der Waals surface area contributed by atoms with Crippen LogP contribution in [0.4, 0.5) is 4.39 Å². The number of aromatic carboxylic acids is 1. The summed E-state index contributed by atoms with van der Waals surface area (Å²) in [6.07, 6.45) is 1.83. The fourth-order valence-electron chi connectivity index (χ4n) is 1.74. The Balaban J connectivity index is 2.59. The molecule has 0 aliphatic carbocycles. The molecular formula is C13H12FNO3S2. The van der Waals surface area contributed by atoms with Crippen molar-refractivity contribution in [1.29, 1.82) is 0 Å². The van der Waals surface area contributed by atoms with E-state index in [1.54, 1.807) is 12.1 Å². The number of methoxy groups -OCH3 is 1. The highest BCUT2D eigenvalue weighted by molar-refractivity contribution is 7.98. The maximum absolute atomic E-state index is 14.0. The first-order valence-electron chi connectivity index (χ1n) is 5.63. The van der Waals surface area contributed by atoms with Crippen molar-refractivity contribution in [3.63, 3.8) is 0 Å². The van der Waals surface area contributed by atoms with Crippen LogP contribution in [0.25, 0.3) is 10.6 Å². The van der Waals surface area contributed by atoms with Gasteiger partial charge in [0, 0.05) is 12.0 Å². The van der Waals surface area contributed by atoms with Gasteiger partial charge in [0.2, 0.25) is 0 Å². The number of carboxylic acids is 1. The van der Waals surface area contributed by atoms with Crippen LogP contribution in [-0.2, 0) is 11.3 Å². The number of thiazole rings is 1. The number of nitrogens with zero attached hydrogens (tertiary/aromatic N) is 1. The lowest BCUT2D eigenvalue weighted by molar-refractivity contribution is 0.0697. The maximum Gasteiger partial charge on any atom is 0.347 e. The summed E-state index contributed by atoms with van der Waals surface area (Å²) >= 11 is 2.35. The zero-order valence-corrected chi connectivity index (χ0v) is 12.5. The molecule has 0 amide bonds. The largest absolute Gasteiger partial charge is 0.477 e. The molecule has 0 saturated heterocycles. The molecule has 1 heterocycles. The number of thioether (sulfide) groups is 1. The molecular weight excluding hydrogens is 301 g/mol. The summed E-state index contributed by atoms with van der Waals surface area (Å²) in [5, 5.41) is 9.52. The quantitative estimate of drug-likeness (QED) is 0.856. The zero-order chi connectivity index (χ0) is 14.7. The summed E-state index contributed by atoms with van der Waals surface area (Å²) in [6, 6.07) is 4.74. The third-order valence-electron chi connectivity index (χ3n) is 2.58. The van der Waals surface area contributed by atoms with Gasteiger partial charge in [-0.15, -0.1) is 23.1 Å². The van der Waals surface area contributed by atoms with Crippen LogP contribution >= 0.6 is 23.1 Å². The normalized spacial score (nSPS) is 10.8. The Bertz CT molecular complexity index is 643. The van der Waals surface area contributed by atoms with Crippen molar-refractivity contribution >= 4 is 29.1 Å². The molecule has 106 valence electrons. The van der Waals surface area contributed by atoms with Crippen molar-refractivity contribution in [2.24, 2.45) is 0 Å². The fraction of sp³-hybridized carbons (Fsp3) is 0.231. The Kier molecular flexibility index (Phi) is 4.74. The molecule has 4 nitrogen and oxygen atoms in total. The van der Waals surface area contributed by atoms with E-state index in [0.29, 0.717) is 16.3 Å². The standard InChI is InChI=1S/C13H12FNO3S2/c1-18-6-8-11(13(16)17)20-12(15-8)10-7(14)4-3-5-9(10)19-2/h3-5H,6H2,1-2H3,(H,16,17). The molecule has 0 aliphatic rings. The molecule has 0 fully saturated rings. The van der Waals surface area contributed by atoms with Crippen LogP contribution in [0.1, 0.15) is 15.4 Å². The number of carbonyl (C=O) groups is 1. The number of benzene rings is 1. The van der Waals surface area contributed by atoms with Crippen LogP contribution in [0.15, 0.2) is 23.1 Å². The zero-order valence-electron chi connectivity index (χ0n) is 10.8. The van der Waals surface area contributed by atoms with Crippen molar-refractivity contribution in [1.82, 2.24) is 4.98 Å². The highest BCUT2D eigenvalue weighted by atomic mass is 32.2. The number of aromatic nitrogens is 1. The van der Waals surface area contributed by atoms with Crippen LogP contribution in [0.2, 0.25) is 0 Å². The van der Waals surface area contributed by atoms with Gasteiger partial charge in [-0.2, -0.15) is 0 Å². The van der Waals surface area contributed by atoms with Crippen molar-refractivity contribution < 1.29 is 19.0 Å². The van der Waals surface area contributed by atoms with Gasteiger partial charge in [-0.25, -0.2) is 14.2 Å². The Morgan fingerprint density at radius 1 is 1.55 bits per heavy atom. The summed E-state index contributed by atoms with van der Waals surface area (Å²) < 4.78 is 19.0. The van der Waals surface area contributed by atoms with E-state index in [2.05, 4.69) is 4.98 Å². The summed E-state index contributed by atoms with van der Waals surface area (Å²) in [6.45, 7) is 0.0845. The van der Waals surface area contributed by atoms with E-state index in [1.165, 1.54) is 24.9 Å². The molecule has 0 aliphatic heterocycles. The molecule has 2 rings (SSSR count). The predicted octanol–water partition coefficient (Wildman–Crippen LogP) is 3.52. The summed E-state index contributed by atoms with van der Waals surface area (Å²) in [5.74, 6) is -1.49. The second-order valence-corrected chi connectivity index (χ2v) is 5.70. The molecule has 2 aromatic rings. The Morgan fingerprint density at radius 2 is 2.30 bits per heavy atom. The average Bonchev–Trinajstić information content (AvgIpc) is 2.82. The van der Waals surface area contributed by atoms with Crippen LogP contribution in [-0.4, -0.2) is 29.4 Å². The number of carboxylic acid groups (broad SMARTS) is 1. The predicted molar refractivity (Wildman–Crippen MR) is 77.0 cm³/mol. The maximum atomic E-state index is 14.0. The number of rotatable bonds is 5. The van der Waals surface area contributed by atoms with Gasteiger partial charge in [0.1, 0.15) is 15.7 Å². The van der Waals surface area contributed by atoms with E-state index in [1.807, 2.05) is 6.26 Å². The van der Waals surface area contributed by atoms with Gasteiger partial charge >= 0.3 is 5.97 Å². The SMILES string of the molecule is COCc1nc(-c2c(F)cccc2SC)sc1C(=O)O. The molecule has 20 heavy (non-hydrogen) atoms. The molecule has 0 saturated carbocycles. The van der Waals surface area contributed by atoms with Crippen molar-refractivity contribution in [3.05, 3.63) is 34.6 Å². The molecule has 0 spiro atoms. The van der Waals surface area contributed by atoms with Gasteiger partial charge in [-0.1, -0.05) is 6.07 Å². The number of hydrogen-bond acceptors (Lipinski definition) is 5. The molecule has 0 radical (unpaired) electrons. The third-order valence-corrected chi connectivity index (χ3v) is 4.46. The number of halogens is 1. The second-order valence-electron chi connectivity index (χ2n) is 3.85. The highest BCUT2D eigenvalue weighted by Gasteiger charge is 2.21. The van der Waals surface area contributed by atoms with Gasteiger partial charge < -0.3 is 9.84 Å². The summed E-state index contributed by atoms with van der Waals surface area (Å²) in [4.78, 5) is 16.2. The lowest BCUT2D eigenvalue weighted by Gasteiger charge is -2.05. The Morgan fingerprint density at radius 3 is 2.90 bits per heavy atom. The van der Waals surface area contributed by atoms with Gasteiger partial charge in [0.05, 0.1) is 17.9 Å². The van der Waals surface area contributed by atoms with E-state index < -0.39 is 11.8 Å². The molecule has 1 aromatic heterocycles. The summed E-state index contributed by atoms with van der Waals surface area (Å²) in [5.41, 5.74) is 0.658. The van der Waals surface area contributed by atoms with Gasteiger partial charge in [0.25, 0.3) is 0 Å². The van der Waals surface area contributed by atoms with E-state index in [9.17, 15) is 9.18 Å². The second kappa shape index (κ2) is 6.34. The minimum Gasteiger partial charge on any atom is -0.477 e. The number of ether oxygens (including phenoxy) is 1. The van der Waals surface area contributed by atoms with Crippen LogP contribution < -0.4 is 0 Å². The van der Waals surface area contributed by atoms with E-state index in [0.717, 1.165) is 16.2 Å². The van der Waals surface area contributed by atoms with Crippen LogP contribution in [0.5, 0.6) is 0 Å². The summed E-state index contributed by atoms with van der Waals surface area (Å²) in [7, 11) is 1.46. The highest BCUT2D eigenvalue weighted by Crippen LogP contribution is 2.36. The molecule has 1 N–H and O–H groups in total. The molecule has 0 bridgehead atoms. The monoisotopic (exact) mass is 313 g/mol. The lowest BCUT2D eigenvalue weighted by Crippen LogP contribution is -1.99. The van der Waals surface area contributed by atoms with Gasteiger partial charge in [0.15, 0.2) is 0 Å². The molecule has 0 atom stereocenters. The Labute approximate surface area is 123 Å². The minimum atomic E-state index is -1.08. The van der Waals surface area contributed by atoms with Gasteiger partial charge in [-0.05, 0) is 18.4 Å². The first-order chi connectivity index (χ1) is 9.58. The first kappa shape index (κ1) is 15.0. The van der Waals surface area contributed by atoms with E-state index in [-0.39, 0.29) is 11.5 Å². The van der Waals surface area contributed by atoms with E-state index in [4.69, 9.17) is 9.84 Å². The van der Waals surface area contributed by atoms with Gasteiger partial charge in [-0.3, -0.25) is 0 Å². The Hall–Kier alpha value is -1.44. The fourth-order valence-corrected chi connectivity index (χ4v) is 3.39. The lowest BCUT2D eigenvalue weighted by atomic mass is 10.2. The third kappa shape index (κ3) is 2.84. The van der Waals surface area contributed by atoms with Crippen molar-refractivity contribution in [2.75, 3.05) is 13.4 Å². The molecule has 7 heteroatoms. The average molecular weight is 313 g/mol. The first-order valence-corrected chi connectivity index (χ1v) is 7.67. The minimum absolute atomic E-state index is 0.0807. The van der Waals surface area contributed by atoms with Crippen molar-refractivity contribution in [2.45, 2.75) is 11.5 Å². The number of hydrogen-bond donors (Lipinski definition) is 1. The van der Waals surface area contributed by atoms with E-state index >= 15 is 0 Å².